The Labute approximate surface area is 166 Å². The number of rotatable bonds is 7. The Morgan fingerprint density at radius 2 is 2.04 bits per heavy atom. The molecular formula is C19H33N5S2. The summed E-state index contributed by atoms with van der Waals surface area (Å²) in [4.78, 5) is 12.3. The molecule has 1 aromatic heterocycles. The lowest BCUT2D eigenvalue weighted by atomic mass is 9.95. The Bertz CT molecular complexity index is 574. The summed E-state index contributed by atoms with van der Waals surface area (Å²) in [5.74, 6) is 3.50. The first kappa shape index (κ1) is 20.0. The van der Waals surface area contributed by atoms with E-state index in [-0.39, 0.29) is 0 Å². The van der Waals surface area contributed by atoms with E-state index >= 15 is 0 Å². The minimum absolute atomic E-state index is 0.301. The van der Waals surface area contributed by atoms with E-state index in [0.717, 1.165) is 37.0 Å². The molecule has 5 nitrogen and oxygen atoms in total. The zero-order valence-electron chi connectivity index (χ0n) is 16.2. The summed E-state index contributed by atoms with van der Waals surface area (Å²) in [6.07, 6.45) is 6.26. The number of thioether (sulfide) groups is 1. The molecule has 26 heavy (non-hydrogen) atoms. The molecule has 0 amide bonds. The number of hydrogen-bond acceptors (Lipinski definition) is 5. The van der Waals surface area contributed by atoms with Crippen molar-refractivity contribution in [3.63, 3.8) is 0 Å². The van der Waals surface area contributed by atoms with Crippen LogP contribution in [0.1, 0.15) is 43.3 Å². The van der Waals surface area contributed by atoms with E-state index in [2.05, 4.69) is 51.5 Å². The maximum Gasteiger partial charge on any atom is 0.191 e. The molecule has 0 unspecified atom stereocenters. The largest absolute Gasteiger partial charge is 0.357 e. The molecule has 1 saturated heterocycles. The molecule has 2 aliphatic rings. The third-order valence-corrected chi connectivity index (χ3v) is 7.20. The zero-order chi connectivity index (χ0) is 18.2. The van der Waals surface area contributed by atoms with Crippen molar-refractivity contribution in [3.8, 4) is 0 Å². The number of nitrogens with one attached hydrogen (secondary N) is 2. The van der Waals surface area contributed by atoms with E-state index in [1.807, 2.05) is 0 Å². The highest BCUT2D eigenvalue weighted by molar-refractivity contribution is 7.99. The Kier molecular flexibility index (Phi) is 7.64. The molecule has 0 bridgehead atoms. The van der Waals surface area contributed by atoms with Crippen LogP contribution in [0.4, 0.5) is 0 Å². The normalized spacial score (nSPS) is 21.1. The summed E-state index contributed by atoms with van der Waals surface area (Å²) >= 11 is 3.82. The summed E-state index contributed by atoms with van der Waals surface area (Å²) < 4.78 is 0. The smallest absolute Gasteiger partial charge is 0.191 e. The maximum absolute atomic E-state index is 5.01. The fourth-order valence-corrected chi connectivity index (χ4v) is 5.60. The lowest BCUT2D eigenvalue weighted by molar-refractivity contribution is 0.112. The number of nitrogens with zero attached hydrogens (tertiary/aromatic N) is 3. The summed E-state index contributed by atoms with van der Waals surface area (Å²) in [7, 11) is 0. The highest BCUT2D eigenvalue weighted by Crippen LogP contribution is 2.37. The second-order valence-electron chi connectivity index (χ2n) is 7.26. The molecular weight excluding hydrogens is 362 g/mol. The molecule has 0 atom stereocenters. The first-order valence-corrected chi connectivity index (χ1v) is 12.0. The van der Waals surface area contributed by atoms with Gasteiger partial charge in [0.05, 0.1) is 17.2 Å². The summed E-state index contributed by atoms with van der Waals surface area (Å²) in [5.41, 5.74) is 1.48. The molecule has 1 aliphatic heterocycles. The van der Waals surface area contributed by atoms with Crippen molar-refractivity contribution in [1.29, 1.82) is 0 Å². The lowest BCUT2D eigenvalue weighted by Crippen LogP contribution is -2.53. The van der Waals surface area contributed by atoms with Crippen LogP contribution in [-0.2, 0) is 6.42 Å². The van der Waals surface area contributed by atoms with Gasteiger partial charge < -0.3 is 10.6 Å². The number of aliphatic imine (C=N–C) groups is 1. The van der Waals surface area contributed by atoms with Gasteiger partial charge in [-0.1, -0.05) is 12.8 Å². The third-order valence-electron chi connectivity index (χ3n) is 5.43. The van der Waals surface area contributed by atoms with Gasteiger partial charge in [-0.2, -0.15) is 11.8 Å². The maximum atomic E-state index is 5.01. The van der Waals surface area contributed by atoms with Gasteiger partial charge >= 0.3 is 0 Å². The van der Waals surface area contributed by atoms with Gasteiger partial charge in [-0.15, -0.1) is 11.3 Å². The number of thiazole rings is 1. The average Bonchev–Trinajstić information content (AvgIpc) is 3.30. The fraction of sp³-hybridized carbons (Fsp3) is 0.789. The van der Waals surface area contributed by atoms with Crippen molar-refractivity contribution >= 4 is 29.1 Å². The van der Waals surface area contributed by atoms with Crippen LogP contribution in [-0.4, -0.2) is 65.6 Å². The Balaban J connectivity index is 1.57. The van der Waals surface area contributed by atoms with Gasteiger partial charge in [-0.25, -0.2) is 4.98 Å². The van der Waals surface area contributed by atoms with Crippen molar-refractivity contribution in [1.82, 2.24) is 20.5 Å². The molecule has 1 saturated carbocycles. The van der Waals surface area contributed by atoms with E-state index in [0.29, 0.717) is 5.54 Å². The molecule has 0 aromatic carbocycles. The van der Waals surface area contributed by atoms with Crippen molar-refractivity contribution in [2.75, 3.05) is 44.2 Å². The van der Waals surface area contributed by atoms with Gasteiger partial charge in [0.15, 0.2) is 5.96 Å². The predicted molar refractivity (Wildman–Crippen MR) is 115 cm³/mol. The number of aryl methyl sites for hydroxylation is 1. The zero-order valence-corrected chi connectivity index (χ0v) is 17.9. The van der Waals surface area contributed by atoms with E-state index in [9.17, 15) is 0 Å². The lowest BCUT2D eigenvalue weighted by Gasteiger charge is -2.42. The van der Waals surface area contributed by atoms with E-state index in [1.165, 1.54) is 56.0 Å². The van der Waals surface area contributed by atoms with Gasteiger partial charge in [-0.05, 0) is 26.7 Å². The number of hydrogen-bond donors (Lipinski definition) is 2. The van der Waals surface area contributed by atoms with E-state index in [1.54, 1.807) is 11.3 Å². The minimum Gasteiger partial charge on any atom is -0.357 e. The molecule has 1 aliphatic carbocycles. The molecule has 3 rings (SSSR count). The highest BCUT2D eigenvalue weighted by atomic mass is 32.2. The van der Waals surface area contributed by atoms with Crippen LogP contribution in [0.15, 0.2) is 10.4 Å². The monoisotopic (exact) mass is 395 g/mol. The molecule has 0 radical (unpaired) electrons. The van der Waals surface area contributed by atoms with Crippen LogP contribution in [0.3, 0.4) is 0 Å². The Morgan fingerprint density at radius 3 is 2.69 bits per heavy atom. The van der Waals surface area contributed by atoms with Gasteiger partial charge in [0.2, 0.25) is 0 Å². The predicted octanol–water partition coefficient (Wildman–Crippen LogP) is 2.91. The Morgan fingerprint density at radius 1 is 1.27 bits per heavy atom. The molecule has 146 valence electrons. The van der Waals surface area contributed by atoms with Gasteiger partial charge in [0, 0.05) is 55.0 Å². The van der Waals surface area contributed by atoms with Crippen LogP contribution >= 0.6 is 23.1 Å². The van der Waals surface area contributed by atoms with Crippen LogP contribution < -0.4 is 10.6 Å². The van der Waals surface area contributed by atoms with Crippen LogP contribution in [0.5, 0.6) is 0 Å². The molecule has 2 N–H and O–H groups in total. The van der Waals surface area contributed by atoms with Gasteiger partial charge in [0.1, 0.15) is 0 Å². The summed E-state index contributed by atoms with van der Waals surface area (Å²) in [5, 5.41) is 10.2. The van der Waals surface area contributed by atoms with Crippen molar-refractivity contribution in [3.05, 3.63) is 16.1 Å². The minimum atomic E-state index is 0.301. The Hall–Kier alpha value is -0.790. The first-order chi connectivity index (χ1) is 12.7. The van der Waals surface area contributed by atoms with E-state index in [4.69, 9.17) is 4.99 Å². The first-order valence-electron chi connectivity index (χ1n) is 9.98. The van der Waals surface area contributed by atoms with Crippen molar-refractivity contribution in [2.45, 2.75) is 51.5 Å². The second-order valence-corrected chi connectivity index (χ2v) is 9.55. The second kappa shape index (κ2) is 9.95. The van der Waals surface area contributed by atoms with Crippen LogP contribution in [0.2, 0.25) is 0 Å². The summed E-state index contributed by atoms with van der Waals surface area (Å²) in [6.45, 7) is 9.35. The van der Waals surface area contributed by atoms with Gasteiger partial charge in [-0.3, -0.25) is 9.89 Å². The van der Waals surface area contributed by atoms with Crippen molar-refractivity contribution in [2.24, 2.45) is 4.99 Å². The fourth-order valence-electron chi connectivity index (χ4n) is 4.05. The molecule has 2 heterocycles. The quantitative estimate of drug-likeness (QED) is 0.549. The molecule has 2 fully saturated rings. The molecule has 7 heteroatoms. The summed E-state index contributed by atoms with van der Waals surface area (Å²) in [6, 6.07) is 0. The molecule has 0 spiro atoms. The SMILES string of the molecule is CCNC(=NCC1(N2CCSCC2)CCCC1)NCCc1csc(C)n1. The van der Waals surface area contributed by atoms with Gasteiger partial charge in [0.25, 0.3) is 0 Å². The highest BCUT2D eigenvalue weighted by Gasteiger charge is 2.39. The van der Waals surface area contributed by atoms with Crippen LogP contribution in [0, 0.1) is 6.92 Å². The topological polar surface area (TPSA) is 52.6 Å². The standard InChI is InChI=1S/C19H33N5S2/c1-3-20-18(21-9-6-17-14-26-16(2)23-17)22-15-19(7-4-5-8-19)24-10-12-25-13-11-24/h14H,3-13,15H2,1-2H3,(H2,20,21,22). The van der Waals surface area contributed by atoms with Crippen LogP contribution in [0.25, 0.3) is 0 Å². The van der Waals surface area contributed by atoms with E-state index < -0.39 is 0 Å². The number of guanidine groups is 1. The average molecular weight is 396 g/mol. The third kappa shape index (κ3) is 5.36. The molecule has 1 aromatic rings. The van der Waals surface area contributed by atoms with Crippen molar-refractivity contribution < 1.29 is 0 Å². The number of aromatic nitrogens is 1.